The maximum absolute atomic E-state index is 13.2. The van der Waals surface area contributed by atoms with Crippen molar-refractivity contribution < 1.29 is 9.53 Å². The van der Waals surface area contributed by atoms with Gasteiger partial charge < -0.3 is 15.4 Å². The molecule has 1 atom stereocenters. The fourth-order valence-electron chi connectivity index (χ4n) is 4.65. The van der Waals surface area contributed by atoms with E-state index in [-0.39, 0.29) is 17.6 Å². The van der Waals surface area contributed by atoms with Crippen molar-refractivity contribution >= 4 is 17.2 Å². The van der Waals surface area contributed by atoms with Gasteiger partial charge in [-0.05, 0) is 74.9 Å². The van der Waals surface area contributed by atoms with E-state index in [1.807, 2.05) is 12.3 Å². The van der Waals surface area contributed by atoms with Gasteiger partial charge in [0.2, 0.25) is 0 Å². The number of pyridine rings is 1. The lowest BCUT2D eigenvalue weighted by atomic mass is 9.83. The molecule has 2 fully saturated rings. The molecule has 1 amide bonds. The van der Waals surface area contributed by atoms with E-state index in [0.29, 0.717) is 5.92 Å². The smallest absolute Gasteiger partial charge is 0.261 e. The highest BCUT2D eigenvalue weighted by molar-refractivity contribution is 7.14. The summed E-state index contributed by atoms with van der Waals surface area (Å²) in [6.07, 6.45) is 7.02. The first kappa shape index (κ1) is 18.3. The van der Waals surface area contributed by atoms with Crippen molar-refractivity contribution in [2.24, 2.45) is 5.92 Å². The number of aromatic nitrogens is 1. The quantitative estimate of drug-likeness (QED) is 0.829. The van der Waals surface area contributed by atoms with Gasteiger partial charge in [-0.1, -0.05) is 6.07 Å². The highest BCUT2D eigenvalue weighted by Gasteiger charge is 2.41. The highest BCUT2D eigenvalue weighted by atomic mass is 32.1. The van der Waals surface area contributed by atoms with E-state index in [1.165, 1.54) is 10.4 Å². The van der Waals surface area contributed by atoms with Crippen molar-refractivity contribution in [2.45, 2.75) is 50.7 Å². The Balaban J connectivity index is 1.41. The second kappa shape index (κ2) is 7.25. The van der Waals surface area contributed by atoms with Gasteiger partial charge in [-0.25, -0.2) is 0 Å². The molecule has 1 unspecified atom stereocenters. The van der Waals surface area contributed by atoms with E-state index < -0.39 is 0 Å². The Bertz CT molecular complexity index is 884. The zero-order chi connectivity index (χ0) is 19.1. The van der Waals surface area contributed by atoms with Gasteiger partial charge in [0.05, 0.1) is 28.8 Å². The number of hydrogen-bond donors (Lipinski definition) is 2. The van der Waals surface area contributed by atoms with Crippen LogP contribution in [0, 0.1) is 12.8 Å². The monoisotopic (exact) mass is 397 g/mol. The molecule has 6 heteroatoms. The summed E-state index contributed by atoms with van der Waals surface area (Å²) in [5, 5.41) is 6.73. The highest BCUT2D eigenvalue weighted by Crippen LogP contribution is 2.44. The van der Waals surface area contributed by atoms with Gasteiger partial charge in [-0.2, -0.15) is 0 Å². The standard InChI is InChI=1S/C22H27N3O2S/c1-14-3-2-9-24-19(14)20(15-4-5-15)25-21(26)18-13-16-17(28-18)6-12-27-22(16)7-10-23-11-8-22/h2-3,9,13,15,20,23H,4-8,10-12H2,1H3,(H,25,26). The number of rotatable bonds is 4. The molecule has 2 aliphatic heterocycles. The van der Waals surface area contributed by atoms with Crippen molar-refractivity contribution in [3.05, 3.63) is 51.0 Å². The summed E-state index contributed by atoms with van der Waals surface area (Å²) in [6.45, 7) is 4.78. The predicted molar refractivity (Wildman–Crippen MR) is 110 cm³/mol. The van der Waals surface area contributed by atoms with Gasteiger partial charge in [0, 0.05) is 17.5 Å². The van der Waals surface area contributed by atoms with Crippen LogP contribution in [0.25, 0.3) is 0 Å². The first-order chi connectivity index (χ1) is 13.7. The first-order valence-corrected chi connectivity index (χ1v) is 11.2. The molecule has 2 aromatic heterocycles. The van der Waals surface area contributed by atoms with Crippen molar-refractivity contribution in [1.29, 1.82) is 0 Å². The zero-order valence-corrected chi connectivity index (χ0v) is 17.1. The van der Waals surface area contributed by atoms with Crippen molar-refractivity contribution in [1.82, 2.24) is 15.6 Å². The van der Waals surface area contributed by atoms with Crippen LogP contribution in [0.15, 0.2) is 24.4 Å². The number of carbonyl (C=O) groups is 1. The second-order valence-corrected chi connectivity index (χ2v) is 9.42. The van der Waals surface area contributed by atoms with Crippen LogP contribution in [-0.2, 0) is 16.8 Å². The number of aryl methyl sites for hydroxylation is 1. The lowest BCUT2D eigenvalue weighted by Crippen LogP contribution is -2.44. The number of nitrogens with zero attached hydrogens (tertiary/aromatic N) is 1. The van der Waals surface area contributed by atoms with Crippen molar-refractivity contribution in [2.75, 3.05) is 19.7 Å². The third-order valence-corrected chi connectivity index (χ3v) is 7.56. The van der Waals surface area contributed by atoms with Crippen molar-refractivity contribution in [3.63, 3.8) is 0 Å². The Morgan fingerprint density at radius 1 is 1.39 bits per heavy atom. The largest absolute Gasteiger partial charge is 0.370 e. The minimum Gasteiger partial charge on any atom is -0.370 e. The van der Waals surface area contributed by atoms with Crippen LogP contribution in [0.2, 0.25) is 0 Å². The maximum Gasteiger partial charge on any atom is 0.261 e. The Labute approximate surface area is 169 Å². The van der Waals surface area contributed by atoms with E-state index in [9.17, 15) is 4.79 Å². The Kier molecular flexibility index (Phi) is 4.73. The third kappa shape index (κ3) is 3.27. The fraction of sp³-hybridized carbons (Fsp3) is 0.545. The summed E-state index contributed by atoms with van der Waals surface area (Å²) in [5.74, 6) is 0.539. The summed E-state index contributed by atoms with van der Waals surface area (Å²) in [7, 11) is 0. The molecule has 0 aromatic carbocycles. The first-order valence-electron chi connectivity index (χ1n) is 10.4. The minimum atomic E-state index is -0.193. The molecule has 1 saturated heterocycles. The molecular weight excluding hydrogens is 370 g/mol. The number of thiophene rings is 1. The van der Waals surface area contributed by atoms with E-state index in [4.69, 9.17) is 4.74 Å². The Hall–Kier alpha value is -1.76. The molecule has 1 saturated carbocycles. The maximum atomic E-state index is 13.2. The van der Waals surface area contributed by atoms with Gasteiger partial charge in [0.15, 0.2) is 0 Å². The molecule has 1 aliphatic carbocycles. The van der Waals surface area contributed by atoms with Crippen LogP contribution >= 0.6 is 11.3 Å². The van der Waals surface area contributed by atoms with Crippen LogP contribution in [0.4, 0.5) is 0 Å². The molecule has 0 bridgehead atoms. The SMILES string of the molecule is Cc1cccnc1C(NC(=O)c1cc2c(s1)CCOC21CCNCC1)C1CC1. The van der Waals surface area contributed by atoms with E-state index >= 15 is 0 Å². The van der Waals surface area contributed by atoms with Crippen molar-refractivity contribution in [3.8, 4) is 0 Å². The molecule has 28 heavy (non-hydrogen) atoms. The van der Waals surface area contributed by atoms with Crippen LogP contribution in [0.5, 0.6) is 0 Å². The number of hydrogen-bond acceptors (Lipinski definition) is 5. The number of ether oxygens (including phenoxy) is 1. The van der Waals surface area contributed by atoms with E-state index in [0.717, 1.165) is 67.9 Å². The van der Waals surface area contributed by atoms with Gasteiger partial charge in [-0.3, -0.25) is 9.78 Å². The predicted octanol–water partition coefficient (Wildman–Crippen LogP) is 3.48. The summed E-state index contributed by atoms with van der Waals surface area (Å²) in [5.41, 5.74) is 3.22. The van der Waals surface area contributed by atoms with Crippen LogP contribution in [-0.4, -0.2) is 30.6 Å². The average molecular weight is 398 g/mol. The van der Waals surface area contributed by atoms with Gasteiger partial charge in [0.1, 0.15) is 0 Å². The zero-order valence-electron chi connectivity index (χ0n) is 16.3. The normalized spacial score (nSPS) is 21.9. The lowest BCUT2D eigenvalue weighted by molar-refractivity contribution is -0.0792. The molecule has 4 heterocycles. The Morgan fingerprint density at radius 2 is 2.21 bits per heavy atom. The number of piperidine rings is 1. The molecule has 3 aliphatic rings. The third-order valence-electron chi connectivity index (χ3n) is 6.37. The van der Waals surface area contributed by atoms with Crippen LogP contribution < -0.4 is 10.6 Å². The molecule has 148 valence electrons. The van der Waals surface area contributed by atoms with E-state index in [2.05, 4.69) is 34.7 Å². The van der Waals surface area contributed by atoms with E-state index in [1.54, 1.807) is 11.3 Å². The number of nitrogens with one attached hydrogen (secondary N) is 2. The number of carbonyl (C=O) groups excluding carboxylic acids is 1. The molecular formula is C22H27N3O2S. The lowest BCUT2D eigenvalue weighted by Gasteiger charge is -2.40. The fourth-order valence-corrected chi connectivity index (χ4v) is 5.78. The summed E-state index contributed by atoms with van der Waals surface area (Å²) >= 11 is 1.65. The second-order valence-electron chi connectivity index (χ2n) is 8.28. The molecule has 2 aromatic rings. The van der Waals surface area contributed by atoms with Crippen LogP contribution in [0.1, 0.15) is 63.1 Å². The van der Waals surface area contributed by atoms with Gasteiger partial charge in [0.25, 0.3) is 5.91 Å². The average Bonchev–Trinajstić information content (AvgIpc) is 3.45. The number of fused-ring (bicyclic) bond motifs is 2. The molecule has 2 N–H and O–H groups in total. The topological polar surface area (TPSA) is 63.2 Å². The molecule has 5 rings (SSSR count). The Morgan fingerprint density at radius 3 is 2.96 bits per heavy atom. The molecule has 1 spiro atoms. The molecule has 5 nitrogen and oxygen atoms in total. The summed E-state index contributed by atoms with van der Waals surface area (Å²) < 4.78 is 6.27. The van der Waals surface area contributed by atoms with Gasteiger partial charge >= 0.3 is 0 Å². The summed E-state index contributed by atoms with van der Waals surface area (Å²) in [4.78, 5) is 19.9. The van der Waals surface area contributed by atoms with Crippen LogP contribution in [0.3, 0.4) is 0 Å². The van der Waals surface area contributed by atoms with Gasteiger partial charge in [-0.15, -0.1) is 11.3 Å². The number of amides is 1. The molecule has 0 radical (unpaired) electrons. The minimum absolute atomic E-state index is 0.0110. The summed E-state index contributed by atoms with van der Waals surface area (Å²) in [6, 6.07) is 6.15.